The molecule has 2 aliphatic heterocycles. The van der Waals surface area contributed by atoms with Crippen LogP contribution in [-0.2, 0) is 19.2 Å². The van der Waals surface area contributed by atoms with Crippen molar-refractivity contribution in [3.63, 3.8) is 0 Å². The summed E-state index contributed by atoms with van der Waals surface area (Å²) < 4.78 is 19.9. The number of carbonyl (C=O) groups excluding carboxylic acids is 1. The van der Waals surface area contributed by atoms with Gasteiger partial charge in [-0.15, -0.1) is 0 Å². The zero-order chi connectivity index (χ0) is 20.5. The van der Waals surface area contributed by atoms with Crippen molar-refractivity contribution < 1.29 is 28.7 Å². The SMILES string of the molecule is COCCON1C(=O)C(c2c(Cl)ccc(C)c2F)=C(O)C12CCN(OC)CC2. The van der Waals surface area contributed by atoms with Crippen LogP contribution in [0, 0.1) is 12.7 Å². The van der Waals surface area contributed by atoms with Crippen molar-refractivity contribution in [1.82, 2.24) is 10.1 Å². The summed E-state index contributed by atoms with van der Waals surface area (Å²) in [4.78, 5) is 24.2. The van der Waals surface area contributed by atoms with E-state index in [4.69, 9.17) is 26.0 Å². The van der Waals surface area contributed by atoms with Gasteiger partial charge in [-0.25, -0.2) is 9.45 Å². The molecule has 1 N–H and O–H groups in total. The minimum absolute atomic E-state index is 0.0567. The lowest BCUT2D eigenvalue weighted by atomic mass is 9.86. The van der Waals surface area contributed by atoms with E-state index in [2.05, 4.69) is 0 Å². The Labute approximate surface area is 168 Å². The highest BCUT2D eigenvalue weighted by atomic mass is 35.5. The molecule has 0 aromatic heterocycles. The van der Waals surface area contributed by atoms with Crippen LogP contribution in [0.2, 0.25) is 5.02 Å². The fourth-order valence-electron chi connectivity index (χ4n) is 3.71. The summed E-state index contributed by atoms with van der Waals surface area (Å²) in [5, 5.41) is 14.1. The molecule has 2 heterocycles. The van der Waals surface area contributed by atoms with Crippen LogP contribution in [-0.4, -0.2) is 67.2 Å². The number of halogens is 2. The fourth-order valence-corrected chi connectivity index (χ4v) is 3.95. The molecule has 0 atom stereocenters. The number of aryl methyl sites for hydroxylation is 1. The highest BCUT2D eigenvalue weighted by Gasteiger charge is 2.55. The predicted octanol–water partition coefficient (Wildman–Crippen LogP) is 2.87. The van der Waals surface area contributed by atoms with E-state index in [0.29, 0.717) is 31.5 Å². The summed E-state index contributed by atoms with van der Waals surface area (Å²) in [5.41, 5.74) is -1.03. The number of benzene rings is 1. The third-order valence-electron chi connectivity index (χ3n) is 5.31. The number of piperidine rings is 1. The summed E-state index contributed by atoms with van der Waals surface area (Å²) in [7, 11) is 3.08. The van der Waals surface area contributed by atoms with Gasteiger partial charge in [0.15, 0.2) is 0 Å². The lowest BCUT2D eigenvalue weighted by Gasteiger charge is -2.42. The van der Waals surface area contributed by atoms with Gasteiger partial charge in [-0.3, -0.25) is 9.63 Å². The summed E-state index contributed by atoms with van der Waals surface area (Å²) in [6, 6.07) is 3.04. The molecule has 9 heteroatoms. The van der Waals surface area contributed by atoms with Crippen molar-refractivity contribution in [2.24, 2.45) is 0 Å². The van der Waals surface area contributed by atoms with Crippen molar-refractivity contribution >= 4 is 23.1 Å². The summed E-state index contributed by atoms with van der Waals surface area (Å²) in [6.45, 7) is 2.89. The number of hydrogen-bond acceptors (Lipinski definition) is 6. The van der Waals surface area contributed by atoms with Crippen LogP contribution >= 0.6 is 11.6 Å². The van der Waals surface area contributed by atoms with Crippen molar-refractivity contribution in [3.05, 3.63) is 39.9 Å². The van der Waals surface area contributed by atoms with E-state index in [1.54, 1.807) is 19.1 Å². The van der Waals surface area contributed by atoms with Crippen LogP contribution in [0.4, 0.5) is 4.39 Å². The van der Waals surface area contributed by atoms with Gasteiger partial charge in [0.25, 0.3) is 5.91 Å². The smallest absolute Gasteiger partial charge is 0.282 e. The lowest BCUT2D eigenvalue weighted by molar-refractivity contribution is -0.235. The summed E-state index contributed by atoms with van der Waals surface area (Å²) >= 11 is 6.21. The first-order valence-corrected chi connectivity index (χ1v) is 9.39. The average molecular weight is 415 g/mol. The van der Waals surface area contributed by atoms with E-state index in [0.717, 1.165) is 5.06 Å². The molecule has 1 amide bonds. The molecule has 1 spiro atoms. The largest absolute Gasteiger partial charge is 0.509 e. The van der Waals surface area contributed by atoms with Gasteiger partial charge in [-0.1, -0.05) is 17.7 Å². The molecule has 0 bridgehead atoms. The molecule has 0 aliphatic carbocycles. The fraction of sp³-hybridized carbons (Fsp3) is 0.526. The second-order valence-electron chi connectivity index (χ2n) is 6.85. The maximum Gasteiger partial charge on any atom is 0.282 e. The number of ether oxygens (including phenoxy) is 1. The van der Waals surface area contributed by atoms with E-state index in [1.807, 2.05) is 0 Å². The van der Waals surface area contributed by atoms with Gasteiger partial charge in [0.05, 0.1) is 30.9 Å². The number of nitrogens with zero attached hydrogens (tertiary/aromatic N) is 2. The minimum Gasteiger partial charge on any atom is -0.509 e. The molecule has 1 aromatic rings. The van der Waals surface area contributed by atoms with Crippen LogP contribution in [0.25, 0.3) is 5.57 Å². The van der Waals surface area contributed by atoms with Crippen molar-refractivity contribution in [2.45, 2.75) is 25.3 Å². The molecule has 0 unspecified atom stereocenters. The number of methoxy groups -OCH3 is 1. The van der Waals surface area contributed by atoms with Crippen molar-refractivity contribution in [2.75, 3.05) is 40.5 Å². The average Bonchev–Trinajstić information content (AvgIpc) is 2.88. The Hall–Kier alpha value is -1.71. The van der Waals surface area contributed by atoms with Gasteiger partial charge in [-0.2, -0.15) is 5.06 Å². The van der Waals surface area contributed by atoms with E-state index < -0.39 is 17.3 Å². The number of aliphatic hydroxyl groups excluding tert-OH is 1. The molecule has 1 aromatic carbocycles. The Bertz CT molecular complexity index is 793. The minimum atomic E-state index is -1.10. The number of hydrogen-bond donors (Lipinski definition) is 1. The maximum absolute atomic E-state index is 14.9. The predicted molar refractivity (Wildman–Crippen MR) is 101 cm³/mol. The number of rotatable bonds is 6. The van der Waals surface area contributed by atoms with Gasteiger partial charge in [-0.05, 0) is 31.4 Å². The zero-order valence-corrected chi connectivity index (χ0v) is 16.9. The van der Waals surface area contributed by atoms with Gasteiger partial charge in [0.1, 0.15) is 17.1 Å². The normalized spacial score (nSPS) is 19.9. The molecular formula is C19H24ClFN2O5. The van der Waals surface area contributed by atoms with Crippen LogP contribution in [0.5, 0.6) is 0 Å². The standard InChI is InChI=1S/C19H24ClFN2O5/c1-12-4-5-13(20)14(16(12)21)15-17(24)19(6-8-22(27-3)9-7-19)23(18(15)25)28-11-10-26-2/h4-5,24H,6-11H2,1-3H3. The number of carbonyl (C=O) groups is 1. The molecule has 28 heavy (non-hydrogen) atoms. The Morgan fingerprint density at radius 3 is 2.54 bits per heavy atom. The maximum atomic E-state index is 14.9. The monoisotopic (exact) mass is 414 g/mol. The first kappa shape index (κ1) is 21.0. The quantitative estimate of drug-likeness (QED) is 0.722. The van der Waals surface area contributed by atoms with Gasteiger partial charge in [0, 0.05) is 25.8 Å². The van der Waals surface area contributed by atoms with Crippen LogP contribution < -0.4 is 0 Å². The second kappa shape index (κ2) is 8.34. The van der Waals surface area contributed by atoms with E-state index in [1.165, 1.54) is 19.2 Å². The molecule has 3 rings (SSSR count). The topological polar surface area (TPSA) is 71.5 Å². The van der Waals surface area contributed by atoms with Gasteiger partial charge >= 0.3 is 0 Å². The van der Waals surface area contributed by atoms with Crippen molar-refractivity contribution in [1.29, 1.82) is 0 Å². The molecule has 154 valence electrons. The van der Waals surface area contributed by atoms with E-state index >= 15 is 0 Å². The van der Waals surface area contributed by atoms with E-state index in [9.17, 15) is 14.3 Å². The number of amides is 1. The molecule has 0 saturated carbocycles. The van der Waals surface area contributed by atoms with Crippen LogP contribution in [0.3, 0.4) is 0 Å². The Morgan fingerprint density at radius 2 is 1.93 bits per heavy atom. The highest BCUT2D eigenvalue weighted by molar-refractivity contribution is 6.35. The summed E-state index contributed by atoms with van der Waals surface area (Å²) in [6.07, 6.45) is 0.722. The van der Waals surface area contributed by atoms with Crippen LogP contribution in [0.1, 0.15) is 24.0 Å². The number of hydroxylamine groups is 4. The second-order valence-corrected chi connectivity index (χ2v) is 7.25. The Balaban J connectivity index is 2.07. The third-order valence-corrected chi connectivity index (χ3v) is 5.63. The molecule has 0 radical (unpaired) electrons. The lowest BCUT2D eigenvalue weighted by Crippen LogP contribution is -2.55. The first-order valence-electron chi connectivity index (χ1n) is 9.01. The highest BCUT2D eigenvalue weighted by Crippen LogP contribution is 2.47. The van der Waals surface area contributed by atoms with Gasteiger partial charge in [0.2, 0.25) is 0 Å². The first-order chi connectivity index (χ1) is 13.4. The third kappa shape index (κ3) is 3.40. The number of aliphatic hydroxyl groups is 1. The Kier molecular flexibility index (Phi) is 6.26. The summed E-state index contributed by atoms with van der Waals surface area (Å²) in [5.74, 6) is -1.48. The molecule has 2 aliphatic rings. The Morgan fingerprint density at radius 1 is 1.25 bits per heavy atom. The molecule has 1 saturated heterocycles. The molecule has 1 fully saturated rings. The van der Waals surface area contributed by atoms with Crippen LogP contribution in [0.15, 0.2) is 17.9 Å². The molecule has 7 nitrogen and oxygen atoms in total. The van der Waals surface area contributed by atoms with E-state index in [-0.39, 0.29) is 35.1 Å². The van der Waals surface area contributed by atoms with Gasteiger partial charge < -0.3 is 14.7 Å². The molecular weight excluding hydrogens is 391 g/mol. The zero-order valence-electron chi connectivity index (χ0n) is 16.1. The van der Waals surface area contributed by atoms with Crippen molar-refractivity contribution in [3.8, 4) is 0 Å².